The molecular formula is C18H20ClN3O. The summed E-state index contributed by atoms with van der Waals surface area (Å²) in [6.45, 7) is 5.35. The fraction of sp³-hybridized carbons (Fsp3) is 0.222. The number of aliphatic imine (C=N–C) groups is 1. The standard InChI is InChI=1S/C18H19N3O.ClH/c1-12-16(15-6-3-5-14(11-15)13(2)22)7-4-8-17(12)21-18-19-9-10-20-18;/h3-8,11H,9-10H2,1-2H3,(H2,19,20,21);1H. The number of hydrogen-bond acceptors (Lipinski definition) is 4. The Morgan fingerprint density at radius 2 is 2.00 bits per heavy atom. The number of nitrogens with zero attached hydrogens (tertiary/aromatic N) is 1. The topological polar surface area (TPSA) is 53.5 Å². The van der Waals surface area contributed by atoms with Gasteiger partial charge in [-0.1, -0.05) is 30.3 Å². The largest absolute Gasteiger partial charge is 0.354 e. The second kappa shape index (κ2) is 7.29. The molecule has 2 aromatic rings. The summed E-state index contributed by atoms with van der Waals surface area (Å²) in [5, 5.41) is 6.54. The van der Waals surface area contributed by atoms with E-state index < -0.39 is 0 Å². The molecule has 0 radical (unpaired) electrons. The van der Waals surface area contributed by atoms with Gasteiger partial charge in [0.15, 0.2) is 11.7 Å². The number of ketones is 1. The van der Waals surface area contributed by atoms with Crippen LogP contribution in [0, 0.1) is 6.92 Å². The molecule has 0 atom stereocenters. The number of halogens is 1. The van der Waals surface area contributed by atoms with Crippen molar-refractivity contribution in [1.29, 1.82) is 0 Å². The summed E-state index contributed by atoms with van der Waals surface area (Å²) in [4.78, 5) is 15.9. The van der Waals surface area contributed by atoms with E-state index in [1.165, 1.54) is 0 Å². The van der Waals surface area contributed by atoms with E-state index in [4.69, 9.17) is 0 Å². The van der Waals surface area contributed by atoms with Crippen molar-refractivity contribution < 1.29 is 4.79 Å². The normalized spacial score (nSPS) is 12.9. The molecule has 1 heterocycles. The summed E-state index contributed by atoms with van der Waals surface area (Å²) in [6, 6.07) is 13.9. The lowest BCUT2D eigenvalue weighted by atomic mass is 9.97. The van der Waals surface area contributed by atoms with E-state index in [9.17, 15) is 4.79 Å². The van der Waals surface area contributed by atoms with Crippen LogP contribution >= 0.6 is 12.4 Å². The first kappa shape index (κ1) is 17.0. The molecule has 2 N–H and O–H groups in total. The third kappa shape index (κ3) is 3.71. The first-order chi connectivity index (χ1) is 10.6. The Kier molecular flexibility index (Phi) is 5.40. The number of carbonyl (C=O) groups excluding carboxylic acids is 1. The molecular weight excluding hydrogens is 310 g/mol. The van der Waals surface area contributed by atoms with Crippen molar-refractivity contribution >= 4 is 29.8 Å². The number of rotatable bonds is 3. The van der Waals surface area contributed by atoms with Gasteiger partial charge in [0.25, 0.3) is 0 Å². The molecule has 0 unspecified atom stereocenters. The second-order valence-corrected chi connectivity index (χ2v) is 5.40. The van der Waals surface area contributed by atoms with Crippen LogP contribution in [0.4, 0.5) is 5.69 Å². The minimum Gasteiger partial charge on any atom is -0.354 e. The third-order valence-corrected chi connectivity index (χ3v) is 3.84. The molecule has 3 rings (SSSR count). The number of carbonyl (C=O) groups is 1. The highest BCUT2D eigenvalue weighted by Gasteiger charge is 2.11. The quantitative estimate of drug-likeness (QED) is 0.845. The van der Waals surface area contributed by atoms with E-state index in [0.717, 1.165) is 47.0 Å². The summed E-state index contributed by atoms with van der Waals surface area (Å²) in [5.41, 5.74) is 5.07. The van der Waals surface area contributed by atoms with Gasteiger partial charge in [0.05, 0.1) is 6.54 Å². The van der Waals surface area contributed by atoms with E-state index in [2.05, 4.69) is 28.6 Å². The average Bonchev–Trinajstić information content (AvgIpc) is 3.02. The van der Waals surface area contributed by atoms with Gasteiger partial charge in [-0.2, -0.15) is 0 Å². The lowest BCUT2D eigenvalue weighted by Crippen LogP contribution is -2.26. The van der Waals surface area contributed by atoms with Crippen molar-refractivity contribution in [3.63, 3.8) is 0 Å². The summed E-state index contributed by atoms with van der Waals surface area (Å²) >= 11 is 0. The highest BCUT2D eigenvalue weighted by molar-refractivity contribution is 5.97. The molecule has 4 nitrogen and oxygen atoms in total. The number of Topliss-reactive ketones (excluding diaryl/α,β-unsaturated/α-hetero) is 1. The van der Waals surface area contributed by atoms with Crippen LogP contribution in [0.3, 0.4) is 0 Å². The maximum absolute atomic E-state index is 11.6. The van der Waals surface area contributed by atoms with Gasteiger partial charge in [0, 0.05) is 17.8 Å². The van der Waals surface area contributed by atoms with Gasteiger partial charge in [0.1, 0.15) is 0 Å². The van der Waals surface area contributed by atoms with Crippen molar-refractivity contribution in [2.75, 3.05) is 18.4 Å². The molecule has 5 heteroatoms. The molecule has 1 aliphatic heterocycles. The average molecular weight is 330 g/mol. The van der Waals surface area contributed by atoms with Gasteiger partial charge < -0.3 is 10.6 Å². The Labute approximate surface area is 142 Å². The minimum atomic E-state index is 0. The first-order valence-electron chi connectivity index (χ1n) is 7.41. The summed E-state index contributed by atoms with van der Waals surface area (Å²) < 4.78 is 0. The Balaban J connectivity index is 0.00000192. The highest BCUT2D eigenvalue weighted by atomic mass is 35.5. The lowest BCUT2D eigenvalue weighted by Gasteiger charge is -2.14. The molecule has 0 saturated carbocycles. The zero-order chi connectivity index (χ0) is 15.5. The van der Waals surface area contributed by atoms with E-state index in [1.807, 2.05) is 36.4 Å². The Morgan fingerprint density at radius 1 is 1.22 bits per heavy atom. The SMILES string of the molecule is CC(=O)c1cccc(-c2cccc(NC3=NCCN3)c2C)c1.Cl. The van der Waals surface area contributed by atoms with E-state index >= 15 is 0 Å². The molecule has 23 heavy (non-hydrogen) atoms. The number of hydrogen-bond donors (Lipinski definition) is 2. The summed E-state index contributed by atoms with van der Waals surface area (Å²) in [7, 11) is 0. The second-order valence-electron chi connectivity index (χ2n) is 5.40. The van der Waals surface area contributed by atoms with E-state index in [0.29, 0.717) is 0 Å². The van der Waals surface area contributed by atoms with Crippen molar-refractivity contribution in [3.05, 3.63) is 53.6 Å². The fourth-order valence-corrected chi connectivity index (χ4v) is 2.60. The van der Waals surface area contributed by atoms with Crippen LogP contribution in [0.1, 0.15) is 22.8 Å². The highest BCUT2D eigenvalue weighted by Crippen LogP contribution is 2.29. The van der Waals surface area contributed by atoms with Crippen LogP contribution in [0.2, 0.25) is 0 Å². The molecule has 0 amide bonds. The minimum absolute atomic E-state index is 0. The Hall–Kier alpha value is -2.33. The first-order valence-corrected chi connectivity index (χ1v) is 7.41. The van der Waals surface area contributed by atoms with Crippen LogP contribution in [0.5, 0.6) is 0 Å². The van der Waals surface area contributed by atoms with Crippen LogP contribution in [0.15, 0.2) is 47.5 Å². The smallest absolute Gasteiger partial charge is 0.195 e. The van der Waals surface area contributed by atoms with Crippen molar-refractivity contribution in [2.24, 2.45) is 4.99 Å². The summed E-state index contributed by atoms with van der Waals surface area (Å²) in [5.74, 6) is 0.899. The van der Waals surface area contributed by atoms with Gasteiger partial charge >= 0.3 is 0 Å². The molecule has 120 valence electrons. The lowest BCUT2D eigenvalue weighted by molar-refractivity contribution is 0.101. The molecule has 0 fully saturated rings. The Morgan fingerprint density at radius 3 is 2.70 bits per heavy atom. The van der Waals surface area contributed by atoms with Crippen LogP contribution in [-0.2, 0) is 0 Å². The van der Waals surface area contributed by atoms with Crippen LogP contribution in [0.25, 0.3) is 11.1 Å². The predicted molar refractivity (Wildman–Crippen MR) is 97.8 cm³/mol. The molecule has 0 aromatic heterocycles. The Bertz CT molecular complexity index is 756. The monoisotopic (exact) mass is 329 g/mol. The van der Waals surface area contributed by atoms with Gasteiger partial charge in [-0.05, 0) is 42.7 Å². The molecule has 2 aromatic carbocycles. The van der Waals surface area contributed by atoms with Crippen molar-refractivity contribution in [1.82, 2.24) is 5.32 Å². The van der Waals surface area contributed by atoms with Gasteiger partial charge in [-0.15, -0.1) is 12.4 Å². The zero-order valence-corrected chi connectivity index (χ0v) is 14.0. The van der Waals surface area contributed by atoms with E-state index in [1.54, 1.807) is 6.92 Å². The van der Waals surface area contributed by atoms with Crippen molar-refractivity contribution in [3.8, 4) is 11.1 Å². The van der Waals surface area contributed by atoms with E-state index in [-0.39, 0.29) is 18.2 Å². The number of anilines is 1. The molecule has 0 bridgehead atoms. The number of guanidine groups is 1. The number of benzene rings is 2. The fourth-order valence-electron chi connectivity index (χ4n) is 2.60. The number of nitrogens with one attached hydrogen (secondary N) is 2. The van der Waals surface area contributed by atoms with Gasteiger partial charge in [-0.3, -0.25) is 9.79 Å². The summed E-state index contributed by atoms with van der Waals surface area (Å²) in [6.07, 6.45) is 0. The molecule has 0 spiro atoms. The van der Waals surface area contributed by atoms with Crippen molar-refractivity contribution in [2.45, 2.75) is 13.8 Å². The third-order valence-electron chi connectivity index (χ3n) is 3.84. The molecule has 0 saturated heterocycles. The molecule has 0 aliphatic carbocycles. The van der Waals surface area contributed by atoms with Crippen LogP contribution < -0.4 is 10.6 Å². The van der Waals surface area contributed by atoms with Gasteiger partial charge in [-0.25, -0.2) is 0 Å². The molecule has 1 aliphatic rings. The van der Waals surface area contributed by atoms with Gasteiger partial charge in [0.2, 0.25) is 0 Å². The predicted octanol–water partition coefficient (Wildman–Crippen LogP) is 3.66. The maximum Gasteiger partial charge on any atom is 0.195 e. The maximum atomic E-state index is 11.6. The zero-order valence-electron chi connectivity index (χ0n) is 13.2. The van der Waals surface area contributed by atoms with Crippen LogP contribution in [-0.4, -0.2) is 24.8 Å².